The number of hydrogen-bond acceptors (Lipinski definition) is 4. The van der Waals surface area contributed by atoms with Gasteiger partial charge >= 0.3 is 5.97 Å². The first kappa shape index (κ1) is 14.3. The van der Waals surface area contributed by atoms with E-state index in [1.54, 1.807) is 0 Å². The van der Waals surface area contributed by atoms with Gasteiger partial charge in [-0.2, -0.15) is 0 Å². The fraction of sp³-hybridized carbons (Fsp3) is 0.857. The third-order valence-corrected chi connectivity index (χ3v) is 3.33. The van der Waals surface area contributed by atoms with Crippen molar-refractivity contribution in [2.24, 2.45) is 0 Å². The molecule has 0 spiro atoms. The zero-order chi connectivity index (χ0) is 14.0. The summed E-state index contributed by atoms with van der Waals surface area (Å²) < 4.78 is 5.41. The maximum absolute atomic E-state index is 12.1. The third kappa shape index (κ3) is 4.49. The van der Waals surface area contributed by atoms with E-state index in [2.05, 4.69) is 5.32 Å². The van der Waals surface area contributed by atoms with Crippen molar-refractivity contribution in [1.82, 2.24) is 10.2 Å². The fourth-order valence-electron chi connectivity index (χ4n) is 2.34. The first-order valence-electron chi connectivity index (χ1n) is 7.11. The minimum Gasteiger partial charge on any atom is -0.459 e. The molecule has 1 saturated heterocycles. The van der Waals surface area contributed by atoms with Gasteiger partial charge in [0.15, 0.2) is 0 Å². The fourth-order valence-corrected chi connectivity index (χ4v) is 2.34. The second kappa shape index (κ2) is 5.49. The SMILES string of the molecule is CC(C)(C)OC(=O)[C@H]1CCCN1CC(=O)NC1CC1. The van der Waals surface area contributed by atoms with Crippen LogP contribution in [-0.4, -0.2) is 47.6 Å². The summed E-state index contributed by atoms with van der Waals surface area (Å²) >= 11 is 0. The van der Waals surface area contributed by atoms with E-state index in [1.807, 2.05) is 25.7 Å². The van der Waals surface area contributed by atoms with E-state index in [9.17, 15) is 9.59 Å². The predicted molar refractivity (Wildman–Crippen MR) is 71.6 cm³/mol. The lowest BCUT2D eigenvalue weighted by Gasteiger charge is -2.26. The van der Waals surface area contributed by atoms with Gasteiger partial charge < -0.3 is 10.1 Å². The largest absolute Gasteiger partial charge is 0.459 e. The molecule has 19 heavy (non-hydrogen) atoms. The highest BCUT2D eigenvalue weighted by molar-refractivity contribution is 5.81. The van der Waals surface area contributed by atoms with Crippen LogP contribution in [0, 0.1) is 0 Å². The van der Waals surface area contributed by atoms with E-state index in [4.69, 9.17) is 4.74 Å². The molecule has 108 valence electrons. The summed E-state index contributed by atoms with van der Waals surface area (Å²) in [6, 6.07) is 0.110. The molecule has 1 aliphatic heterocycles. The molecule has 1 aliphatic carbocycles. The topological polar surface area (TPSA) is 58.6 Å². The van der Waals surface area contributed by atoms with Crippen LogP contribution in [0.15, 0.2) is 0 Å². The lowest BCUT2D eigenvalue weighted by atomic mass is 10.1. The van der Waals surface area contributed by atoms with E-state index in [1.165, 1.54) is 0 Å². The summed E-state index contributed by atoms with van der Waals surface area (Å²) in [5.41, 5.74) is -0.471. The molecule has 5 nitrogen and oxygen atoms in total. The van der Waals surface area contributed by atoms with Gasteiger partial charge in [-0.25, -0.2) is 0 Å². The monoisotopic (exact) mass is 268 g/mol. The number of carbonyl (C=O) groups excluding carboxylic acids is 2. The molecule has 0 radical (unpaired) electrons. The molecule has 5 heteroatoms. The van der Waals surface area contributed by atoms with Crippen molar-refractivity contribution in [3.8, 4) is 0 Å². The molecule has 2 rings (SSSR count). The molecule has 0 aromatic rings. The Morgan fingerprint density at radius 1 is 1.26 bits per heavy atom. The number of esters is 1. The van der Waals surface area contributed by atoms with E-state index in [0.29, 0.717) is 12.6 Å². The van der Waals surface area contributed by atoms with Crippen LogP contribution in [0.1, 0.15) is 46.5 Å². The lowest BCUT2D eigenvalue weighted by Crippen LogP contribution is -2.45. The Labute approximate surface area is 114 Å². The molecule has 1 N–H and O–H groups in total. The van der Waals surface area contributed by atoms with Gasteiger partial charge in [0.05, 0.1) is 6.54 Å². The summed E-state index contributed by atoms with van der Waals surface area (Å²) in [7, 11) is 0. The summed E-state index contributed by atoms with van der Waals surface area (Å²) in [6.07, 6.45) is 3.90. The van der Waals surface area contributed by atoms with Crippen molar-refractivity contribution in [3.63, 3.8) is 0 Å². The normalized spacial score (nSPS) is 24.3. The van der Waals surface area contributed by atoms with Crippen molar-refractivity contribution in [1.29, 1.82) is 0 Å². The van der Waals surface area contributed by atoms with Crippen molar-refractivity contribution in [2.45, 2.75) is 64.1 Å². The van der Waals surface area contributed by atoms with Crippen LogP contribution in [0.2, 0.25) is 0 Å². The van der Waals surface area contributed by atoms with Gasteiger partial charge in [0.2, 0.25) is 5.91 Å². The van der Waals surface area contributed by atoms with Gasteiger partial charge in [0.25, 0.3) is 0 Å². The van der Waals surface area contributed by atoms with Gasteiger partial charge in [-0.15, -0.1) is 0 Å². The zero-order valence-electron chi connectivity index (χ0n) is 12.1. The van der Waals surface area contributed by atoms with E-state index >= 15 is 0 Å². The Hall–Kier alpha value is -1.10. The Morgan fingerprint density at radius 2 is 1.95 bits per heavy atom. The van der Waals surface area contributed by atoms with Crippen molar-refractivity contribution in [2.75, 3.05) is 13.1 Å². The van der Waals surface area contributed by atoms with Gasteiger partial charge in [0, 0.05) is 6.04 Å². The Bertz CT molecular complexity index is 358. The number of hydrogen-bond donors (Lipinski definition) is 1. The summed E-state index contributed by atoms with van der Waals surface area (Å²) in [5.74, 6) is -0.179. The highest BCUT2D eigenvalue weighted by Crippen LogP contribution is 2.22. The number of ether oxygens (including phenoxy) is 1. The molecule has 0 aromatic carbocycles. The first-order chi connectivity index (χ1) is 8.85. The number of likely N-dealkylation sites (tertiary alicyclic amines) is 1. The van der Waals surface area contributed by atoms with Crippen LogP contribution in [0.4, 0.5) is 0 Å². The highest BCUT2D eigenvalue weighted by Gasteiger charge is 2.35. The van der Waals surface area contributed by atoms with Gasteiger partial charge in [-0.3, -0.25) is 14.5 Å². The quantitative estimate of drug-likeness (QED) is 0.775. The number of nitrogens with zero attached hydrogens (tertiary/aromatic N) is 1. The molecule has 0 bridgehead atoms. The zero-order valence-corrected chi connectivity index (χ0v) is 12.1. The second-order valence-electron chi connectivity index (χ2n) is 6.50. The van der Waals surface area contributed by atoms with Gasteiger partial charge in [-0.05, 0) is 53.0 Å². The molecule has 1 heterocycles. The van der Waals surface area contributed by atoms with Crippen molar-refractivity contribution < 1.29 is 14.3 Å². The summed E-state index contributed by atoms with van der Waals surface area (Å²) in [4.78, 5) is 25.8. The first-order valence-corrected chi connectivity index (χ1v) is 7.11. The number of nitrogens with one attached hydrogen (secondary N) is 1. The standard InChI is InChI=1S/C14H24N2O3/c1-14(2,3)19-13(18)11-5-4-8-16(11)9-12(17)15-10-6-7-10/h10-11H,4-9H2,1-3H3,(H,15,17)/t11-/m1/s1. The number of amides is 1. The molecular formula is C14H24N2O3. The van der Waals surface area contributed by atoms with E-state index < -0.39 is 5.60 Å². The van der Waals surface area contributed by atoms with Crippen molar-refractivity contribution in [3.05, 3.63) is 0 Å². The van der Waals surface area contributed by atoms with Crippen LogP contribution in [0.25, 0.3) is 0 Å². The molecule has 1 saturated carbocycles. The van der Waals surface area contributed by atoms with Crippen LogP contribution in [-0.2, 0) is 14.3 Å². The van der Waals surface area contributed by atoms with E-state index in [-0.39, 0.29) is 17.9 Å². The molecule has 1 atom stereocenters. The predicted octanol–water partition coefficient (Wildman–Crippen LogP) is 1.07. The molecule has 2 aliphatic rings. The van der Waals surface area contributed by atoms with Crippen molar-refractivity contribution >= 4 is 11.9 Å². The average molecular weight is 268 g/mol. The highest BCUT2D eigenvalue weighted by atomic mass is 16.6. The number of carbonyl (C=O) groups is 2. The molecule has 0 aromatic heterocycles. The van der Waals surface area contributed by atoms with Crippen LogP contribution < -0.4 is 5.32 Å². The van der Waals surface area contributed by atoms with Crippen LogP contribution in [0.3, 0.4) is 0 Å². The maximum atomic E-state index is 12.1. The third-order valence-electron chi connectivity index (χ3n) is 3.33. The van der Waals surface area contributed by atoms with Crippen LogP contribution >= 0.6 is 0 Å². The minimum atomic E-state index is -0.471. The summed E-state index contributed by atoms with van der Waals surface area (Å²) in [6.45, 7) is 6.69. The molecule has 0 unspecified atom stereocenters. The molecule has 2 fully saturated rings. The second-order valence-corrected chi connectivity index (χ2v) is 6.50. The Balaban J connectivity index is 1.85. The molecular weight excluding hydrogens is 244 g/mol. The minimum absolute atomic E-state index is 0.0259. The Morgan fingerprint density at radius 3 is 2.53 bits per heavy atom. The Kier molecular flexibility index (Phi) is 4.13. The summed E-state index contributed by atoms with van der Waals surface area (Å²) in [5, 5.41) is 2.96. The average Bonchev–Trinajstić information content (AvgIpc) is 2.92. The van der Waals surface area contributed by atoms with Gasteiger partial charge in [-0.1, -0.05) is 0 Å². The maximum Gasteiger partial charge on any atom is 0.323 e. The smallest absolute Gasteiger partial charge is 0.323 e. The lowest BCUT2D eigenvalue weighted by molar-refractivity contribution is -0.160. The number of rotatable bonds is 4. The molecule has 1 amide bonds. The van der Waals surface area contributed by atoms with Crippen LogP contribution in [0.5, 0.6) is 0 Å². The van der Waals surface area contributed by atoms with Gasteiger partial charge in [0.1, 0.15) is 11.6 Å². The van der Waals surface area contributed by atoms with E-state index in [0.717, 1.165) is 32.2 Å².